The Morgan fingerprint density at radius 1 is 1.22 bits per heavy atom. The molecule has 18 heavy (non-hydrogen) atoms. The van der Waals surface area contributed by atoms with Crippen molar-refractivity contribution in [1.82, 2.24) is 5.32 Å². The predicted molar refractivity (Wildman–Crippen MR) is 76.4 cm³/mol. The summed E-state index contributed by atoms with van der Waals surface area (Å²) in [6, 6.07) is 8.50. The lowest BCUT2D eigenvalue weighted by atomic mass is 9.91. The highest BCUT2D eigenvalue weighted by atomic mass is 16.1. The molecule has 2 nitrogen and oxygen atoms in total. The van der Waals surface area contributed by atoms with Gasteiger partial charge in [-0.3, -0.25) is 4.79 Å². The Morgan fingerprint density at radius 2 is 1.78 bits per heavy atom. The fourth-order valence-corrected chi connectivity index (χ4v) is 1.95. The maximum absolute atomic E-state index is 12.0. The van der Waals surface area contributed by atoms with Crippen molar-refractivity contribution in [3.63, 3.8) is 0 Å². The van der Waals surface area contributed by atoms with Crippen LogP contribution in [0.25, 0.3) is 0 Å². The van der Waals surface area contributed by atoms with Gasteiger partial charge in [-0.15, -0.1) is 0 Å². The van der Waals surface area contributed by atoms with Crippen LogP contribution in [-0.2, 0) is 4.79 Å². The van der Waals surface area contributed by atoms with Gasteiger partial charge >= 0.3 is 0 Å². The molecule has 1 atom stereocenters. The van der Waals surface area contributed by atoms with Gasteiger partial charge in [0.1, 0.15) is 0 Å². The summed E-state index contributed by atoms with van der Waals surface area (Å²) in [4.78, 5) is 12.0. The molecular formula is C16H25NO. The van der Waals surface area contributed by atoms with Crippen molar-refractivity contribution >= 4 is 5.91 Å². The third kappa shape index (κ3) is 4.91. The van der Waals surface area contributed by atoms with Crippen LogP contribution in [0.5, 0.6) is 0 Å². The van der Waals surface area contributed by atoms with E-state index in [1.54, 1.807) is 0 Å². The zero-order valence-electron chi connectivity index (χ0n) is 12.2. The van der Waals surface area contributed by atoms with Crippen LogP contribution in [0.4, 0.5) is 0 Å². The van der Waals surface area contributed by atoms with Crippen LogP contribution in [0.2, 0.25) is 0 Å². The number of hydrogen-bond donors (Lipinski definition) is 1. The van der Waals surface area contributed by atoms with Gasteiger partial charge in [-0.1, -0.05) is 57.5 Å². The second-order valence-electron chi connectivity index (χ2n) is 6.18. The summed E-state index contributed by atoms with van der Waals surface area (Å²) in [5.74, 6) is 0.134. The van der Waals surface area contributed by atoms with Crippen molar-refractivity contribution in [1.29, 1.82) is 0 Å². The number of aryl methyl sites for hydroxylation is 1. The molecule has 1 rings (SSSR count). The maximum Gasteiger partial charge on any atom is 0.221 e. The Hall–Kier alpha value is -1.31. The maximum atomic E-state index is 12.0. The Kier molecular flexibility index (Phi) is 4.94. The van der Waals surface area contributed by atoms with Gasteiger partial charge in [0.15, 0.2) is 0 Å². The SMILES string of the molecule is CCC(NC(=O)CC(C)(C)C)c1ccc(C)cc1. The van der Waals surface area contributed by atoms with Crippen molar-refractivity contribution in [3.05, 3.63) is 35.4 Å². The van der Waals surface area contributed by atoms with Crippen LogP contribution in [-0.4, -0.2) is 5.91 Å². The van der Waals surface area contributed by atoms with Crippen molar-refractivity contribution in [3.8, 4) is 0 Å². The molecule has 1 unspecified atom stereocenters. The Balaban J connectivity index is 2.68. The molecule has 1 aromatic carbocycles. The van der Waals surface area contributed by atoms with Crippen LogP contribution in [0.15, 0.2) is 24.3 Å². The molecule has 1 amide bonds. The molecule has 2 heteroatoms. The van der Waals surface area contributed by atoms with Crippen LogP contribution in [0, 0.1) is 12.3 Å². The van der Waals surface area contributed by atoms with Crippen molar-refractivity contribution in [2.24, 2.45) is 5.41 Å². The highest BCUT2D eigenvalue weighted by Gasteiger charge is 2.18. The monoisotopic (exact) mass is 247 g/mol. The molecule has 0 aliphatic heterocycles. The van der Waals surface area contributed by atoms with Gasteiger partial charge in [0.25, 0.3) is 0 Å². The number of carbonyl (C=O) groups excluding carboxylic acids is 1. The lowest BCUT2D eigenvalue weighted by molar-refractivity contribution is -0.123. The van der Waals surface area contributed by atoms with E-state index in [0.29, 0.717) is 6.42 Å². The van der Waals surface area contributed by atoms with Gasteiger partial charge < -0.3 is 5.32 Å². The smallest absolute Gasteiger partial charge is 0.221 e. The average Bonchev–Trinajstić information content (AvgIpc) is 2.25. The van der Waals surface area contributed by atoms with Crippen molar-refractivity contribution in [2.45, 2.75) is 53.5 Å². The first kappa shape index (κ1) is 14.7. The van der Waals surface area contributed by atoms with Crippen LogP contribution >= 0.6 is 0 Å². The minimum Gasteiger partial charge on any atom is -0.349 e. The largest absolute Gasteiger partial charge is 0.349 e. The van der Waals surface area contributed by atoms with Gasteiger partial charge in [0.05, 0.1) is 6.04 Å². The highest BCUT2D eigenvalue weighted by Crippen LogP contribution is 2.21. The third-order valence-electron chi connectivity index (χ3n) is 2.91. The average molecular weight is 247 g/mol. The summed E-state index contributed by atoms with van der Waals surface area (Å²) in [7, 11) is 0. The lowest BCUT2D eigenvalue weighted by Crippen LogP contribution is -2.31. The molecule has 0 aromatic heterocycles. The van der Waals surface area contributed by atoms with Crippen LogP contribution in [0.3, 0.4) is 0 Å². The van der Waals surface area contributed by atoms with Crippen molar-refractivity contribution < 1.29 is 4.79 Å². The molecule has 0 radical (unpaired) electrons. The topological polar surface area (TPSA) is 29.1 Å². The van der Waals surface area contributed by atoms with E-state index in [1.165, 1.54) is 11.1 Å². The minimum atomic E-state index is 0.0374. The van der Waals surface area contributed by atoms with Gasteiger partial charge in [-0.2, -0.15) is 0 Å². The highest BCUT2D eigenvalue weighted by molar-refractivity contribution is 5.77. The third-order valence-corrected chi connectivity index (χ3v) is 2.91. The Labute approximate surface area is 111 Å². The summed E-state index contributed by atoms with van der Waals surface area (Å²) in [5.41, 5.74) is 2.47. The molecule has 0 heterocycles. The van der Waals surface area contributed by atoms with E-state index in [0.717, 1.165) is 6.42 Å². The Morgan fingerprint density at radius 3 is 2.22 bits per heavy atom. The summed E-state index contributed by atoms with van der Waals surface area (Å²) in [5, 5.41) is 3.12. The zero-order valence-corrected chi connectivity index (χ0v) is 12.2. The summed E-state index contributed by atoms with van der Waals surface area (Å²) in [6.45, 7) is 10.4. The van der Waals surface area contributed by atoms with Crippen LogP contribution < -0.4 is 5.32 Å². The van der Waals surface area contributed by atoms with Gasteiger partial charge in [-0.05, 0) is 24.3 Å². The first-order valence-corrected chi connectivity index (χ1v) is 6.68. The van der Waals surface area contributed by atoms with E-state index < -0.39 is 0 Å². The van der Waals surface area contributed by atoms with Gasteiger partial charge in [0.2, 0.25) is 5.91 Å². The van der Waals surface area contributed by atoms with E-state index in [9.17, 15) is 4.79 Å². The number of nitrogens with one attached hydrogen (secondary N) is 1. The number of amides is 1. The summed E-state index contributed by atoms with van der Waals surface area (Å²) in [6.07, 6.45) is 1.48. The van der Waals surface area contributed by atoms with Gasteiger partial charge in [0, 0.05) is 6.42 Å². The first-order chi connectivity index (χ1) is 8.31. The predicted octanol–water partition coefficient (Wildman–Crippen LogP) is 4.00. The summed E-state index contributed by atoms with van der Waals surface area (Å²) >= 11 is 0. The zero-order chi connectivity index (χ0) is 13.8. The molecule has 1 aromatic rings. The first-order valence-electron chi connectivity index (χ1n) is 6.68. The van der Waals surface area contributed by atoms with Crippen LogP contribution in [0.1, 0.15) is 57.7 Å². The molecule has 0 bridgehead atoms. The number of carbonyl (C=O) groups is 1. The quantitative estimate of drug-likeness (QED) is 0.856. The Bertz CT molecular complexity index is 387. The molecule has 0 aliphatic carbocycles. The summed E-state index contributed by atoms with van der Waals surface area (Å²) < 4.78 is 0. The van der Waals surface area contributed by atoms with Gasteiger partial charge in [-0.25, -0.2) is 0 Å². The van der Waals surface area contributed by atoms with E-state index in [-0.39, 0.29) is 17.4 Å². The fraction of sp³-hybridized carbons (Fsp3) is 0.562. The molecule has 1 N–H and O–H groups in total. The lowest BCUT2D eigenvalue weighted by Gasteiger charge is -2.22. The minimum absolute atomic E-state index is 0.0374. The number of rotatable bonds is 4. The van der Waals surface area contributed by atoms with E-state index >= 15 is 0 Å². The van der Waals surface area contributed by atoms with E-state index in [1.807, 2.05) is 0 Å². The van der Waals surface area contributed by atoms with E-state index in [4.69, 9.17) is 0 Å². The second-order valence-corrected chi connectivity index (χ2v) is 6.18. The molecule has 0 saturated heterocycles. The molecule has 0 aliphatic rings. The standard InChI is InChI=1S/C16H25NO/c1-6-14(13-9-7-12(2)8-10-13)17-15(18)11-16(3,4)5/h7-10,14H,6,11H2,1-5H3,(H,17,18). The molecule has 0 fully saturated rings. The molecule has 0 saturated carbocycles. The molecular weight excluding hydrogens is 222 g/mol. The number of hydrogen-bond acceptors (Lipinski definition) is 1. The number of benzene rings is 1. The molecule has 0 spiro atoms. The molecule has 100 valence electrons. The van der Waals surface area contributed by atoms with Crippen molar-refractivity contribution in [2.75, 3.05) is 0 Å². The fourth-order valence-electron chi connectivity index (χ4n) is 1.95. The van der Waals surface area contributed by atoms with E-state index in [2.05, 4.69) is 64.2 Å². The second kappa shape index (κ2) is 6.03. The normalized spacial score (nSPS) is 13.2.